The number of likely N-dealkylation sites (tertiary alicyclic amines) is 1. The van der Waals surface area contributed by atoms with Gasteiger partial charge in [-0.2, -0.15) is 0 Å². The molecule has 0 aromatic carbocycles. The van der Waals surface area contributed by atoms with Gasteiger partial charge in [0.15, 0.2) is 0 Å². The molecule has 2 rings (SSSR count). The molecule has 1 saturated carbocycles. The van der Waals surface area contributed by atoms with Gasteiger partial charge in [0, 0.05) is 13.0 Å². The minimum atomic E-state index is -0.879. The second-order valence-electron chi connectivity index (χ2n) is 5.03. The number of carbonyl (C=O) groups is 2. The predicted octanol–water partition coefficient (Wildman–Crippen LogP) is 1.86. The van der Waals surface area contributed by atoms with Crippen molar-refractivity contribution < 1.29 is 14.7 Å². The summed E-state index contributed by atoms with van der Waals surface area (Å²) >= 11 is 5.93. The van der Waals surface area contributed by atoms with Gasteiger partial charge in [0.25, 0.3) is 0 Å². The molecule has 0 radical (unpaired) electrons. The molecule has 1 heterocycles. The third kappa shape index (κ3) is 2.73. The maximum Gasteiger partial charge on any atom is 0.326 e. The van der Waals surface area contributed by atoms with Crippen molar-refractivity contribution in [2.75, 3.05) is 6.54 Å². The van der Waals surface area contributed by atoms with Crippen LogP contribution in [0.4, 0.5) is 0 Å². The Bertz CT molecular complexity index is 315. The number of carboxylic acid groups (broad SMARTS) is 1. The van der Waals surface area contributed by atoms with E-state index >= 15 is 0 Å². The third-order valence-electron chi connectivity index (χ3n) is 3.80. The largest absolute Gasteiger partial charge is 0.480 e. The molecule has 2 aliphatic rings. The highest BCUT2D eigenvalue weighted by Crippen LogP contribution is 2.32. The summed E-state index contributed by atoms with van der Waals surface area (Å²) in [6, 6.07) is -0.661. The van der Waals surface area contributed by atoms with Crippen molar-refractivity contribution in [3.05, 3.63) is 0 Å². The number of halogens is 1. The molecule has 1 saturated heterocycles. The zero-order valence-electron chi connectivity index (χ0n) is 9.77. The summed E-state index contributed by atoms with van der Waals surface area (Å²) in [7, 11) is 0. The molecule has 0 aromatic rings. The molecule has 0 bridgehead atoms. The number of carboxylic acids is 1. The molecule has 17 heavy (non-hydrogen) atoms. The zero-order valence-corrected chi connectivity index (χ0v) is 10.5. The molecule has 1 aliphatic heterocycles. The van der Waals surface area contributed by atoms with Crippen LogP contribution in [0.15, 0.2) is 0 Å². The van der Waals surface area contributed by atoms with E-state index in [1.807, 2.05) is 0 Å². The molecule has 5 heteroatoms. The number of carbonyl (C=O) groups excluding carboxylic acids is 1. The van der Waals surface area contributed by atoms with E-state index in [4.69, 9.17) is 11.6 Å². The lowest BCUT2D eigenvalue weighted by molar-refractivity contribution is -0.151. The van der Waals surface area contributed by atoms with Crippen LogP contribution in [-0.2, 0) is 9.59 Å². The van der Waals surface area contributed by atoms with E-state index in [1.165, 1.54) is 11.3 Å². The van der Waals surface area contributed by atoms with Crippen molar-refractivity contribution in [3.63, 3.8) is 0 Å². The first-order valence-corrected chi connectivity index (χ1v) is 6.69. The summed E-state index contributed by atoms with van der Waals surface area (Å²) in [5.74, 6) is -0.883. The molecular weight excluding hydrogens is 242 g/mol. The lowest BCUT2D eigenvalue weighted by Crippen LogP contribution is -2.47. The van der Waals surface area contributed by atoms with Gasteiger partial charge in [-0.05, 0) is 18.8 Å². The van der Waals surface area contributed by atoms with E-state index in [1.54, 1.807) is 0 Å². The molecule has 2 atom stereocenters. The van der Waals surface area contributed by atoms with Crippen LogP contribution in [0.2, 0.25) is 0 Å². The number of rotatable bonds is 3. The van der Waals surface area contributed by atoms with Crippen molar-refractivity contribution in [1.29, 1.82) is 0 Å². The smallest absolute Gasteiger partial charge is 0.326 e. The Morgan fingerprint density at radius 3 is 2.47 bits per heavy atom. The third-order valence-corrected chi connectivity index (χ3v) is 4.09. The van der Waals surface area contributed by atoms with Crippen LogP contribution in [0.3, 0.4) is 0 Å². The van der Waals surface area contributed by atoms with Crippen molar-refractivity contribution in [2.45, 2.75) is 49.9 Å². The first-order chi connectivity index (χ1) is 8.09. The van der Waals surface area contributed by atoms with E-state index in [0.29, 0.717) is 6.54 Å². The number of aliphatic carboxylic acids is 1. The van der Waals surface area contributed by atoms with Crippen LogP contribution in [0.1, 0.15) is 38.5 Å². The average Bonchev–Trinajstić information content (AvgIpc) is 2.59. The molecule has 1 amide bonds. The fourth-order valence-electron chi connectivity index (χ4n) is 2.99. The van der Waals surface area contributed by atoms with Gasteiger partial charge in [0.2, 0.25) is 5.91 Å². The van der Waals surface area contributed by atoms with Crippen molar-refractivity contribution >= 4 is 23.5 Å². The summed E-state index contributed by atoms with van der Waals surface area (Å²) in [5, 5.41) is 9.12. The first-order valence-electron chi connectivity index (χ1n) is 6.26. The number of hydrogen-bond acceptors (Lipinski definition) is 2. The van der Waals surface area contributed by atoms with Crippen molar-refractivity contribution in [2.24, 2.45) is 5.92 Å². The summed E-state index contributed by atoms with van der Waals surface area (Å²) in [6.45, 7) is 0.383. The van der Waals surface area contributed by atoms with Crippen LogP contribution in [0.5, 0.6) is 0 Å². The highest BCUT2D eigenvalue weighted by atomic mass is 35.5. The Kier molecular flexibility index (Phi) is 3.92. The lowest BCUT2D eigenvalue weighted by Gasteiger charge is -2.33. The van der Waals surface area contributed by atoms with E-state index in [9.17, 15) is 14.7 Å². The van der Waals surface area contributed by atoms with E-state index < -0.39 is 12.0 Å². The van der Waals surface area contributed by atoms with Gasteiger partial charge in [0.05, 0.1) is 5.38 Å². The maximum absolute atomic E-state index is 11.8. The van der Waals surface area contributed by atoms with Gasteiger partial charge in [-0.3, -0.25) is 4.79 Å². The average molecular weight is 260 g/mol. The minimum Gasteiger partial charge on any atom is -0.480 e. The van der Waals surface area contributed by atoms with Crippen LogP contribution in [0.25, 0.3) is 0 Å². The standard InChI is InChI=1S/C12H18ClNO3/c13-9-6-10(15)14(7-9)11(12(16)17)8-4-2-1-3-5-8/h8-9,11H,1-7H2,(H,16,17)/t9?,11-/m0/s1. The van der Waals surface area contributed by atoms with E-state index in [2.05, 4.69) is 0 Å². The molecular formula is C12H18ClNO3. The predicted molar refractivity (Wildman–Crippen MR) is 64.0 cm³/mol. The molecule has 0 spiro atoms. The van der Waals surface area contributed by atoms with Crippen LogP contribution in [-0.4, -0.2) is 39.8 Å². The second-order valence-corrected chi connectivity index (χ2v) is 5.65. The van der Waals surface area contributed by atoms with Gasteiger partial charge in [-0.1, -0.05) is 19.3 Å². The number of nitrogens with zero attached hydrogens (tertiary/aromatic N) is 1. The number of hydrogen-bond donors (Lipinski definition) is 1. The van der Waals surface area contributed by atoms with Crippen LogP contribution in [0, 0.1) is 5.92 Å². The van der Waals surface area contributed by atoms with Gasteiger partial charge < -0.3 is 10.0 Å². The Labute approximate surface area is 106 Å². The quantitative estimate of drug-likeness (QED) is 0.787. The highest BCUT2D eigenvalue weighted by molar-refractivity contribution is 6.22. The fraction of sp³-hybridized carbons (Fsp3) is 0.833. The monoisotopic (exact) mass is 259 g/mol. The second kappa shape index (κ2) is 5.25. The van der Waals surface area contributed by atoms with Gasteiger partial charge in [-0.25, -0.2) is 4.79 Å². The summed E-state index contributed by atoms with van der Waals surface area (Å²) in [6.07, 6.45) is 5.41. The molecule has 0 aromatic heterocycles. The van der Waals surface area contributed by atoms with Crippen molar-refractivity contribution in [3.8, 4) is 0 Å². The SMILES string of the molecule is O=C(O)[C@H](C1CCCCC1)N1CC(Cl)CC1=O. The van der Waals surface area contributed by atoms with E-state index in [0.717, 1.165) is 25.7 Å². The number of alkyl halides is 1. The minimum absolute atomic E-state index is 0.104. The molecule has 4 nitrogen and oxygen atoms in total. The first kappa shape index (κ1) is 12.7. The van der Waals surface area contributed by atoms with Gasteiger partial charge in [-0.15, -0.1) is 11.6 Å². The summed E-state index contributed by atoms with van der Waals surface area (Å²) in [4.78, 5) is 24.6. The van der Waals surface area contributed by atoms with Gasteiger partial charge in [0.1, 0.15) is 6.04 Å². The molecule has 1 aliphatic carbocycles. The Balaban J connectivity index is 2.11. The maximum atomic E-state index is 11.8. The Hall–Kier alpha value is -0.770. The molecule has 1 N–H and O–H groups in total. The Morgan fingerprint density at radius 1 is 1.35 bits per heavy atom. The zero-order chi connectivity index (χ0) is 12.4. The fourth-order valence-corrected chi connectivity index (χ4v) is 3.28. The lowest BCUT2D eigenvalue weighted by atomic mass is 9.83. The van der Waals surface area contributed by atoms with Crippen LogP contribution >= 0.6 is 11.6 Å². The molecule has 1 unspecified atom stereocenters. The van der Waals surface area contributed by atoms with Crippen LogP contribution < -0.4 is 0 Å². The van der Waals surface area contributed by atoms with Crippen molar-refractivity contribution in [1.82, 2.24) is 4.90 Å². The van der Waals surface area contributed by atoms with Gasteiger partial charge >= 0.3 is 5.97 Å². The number of amides is 1. The summed E-state index contributed by atoms with van der Waals surface area (Å²) < 4.78 is 0. The molecule has 2 fully saturated rings. The van der Waals surface area contributed by atoms with E-state index in [-0.39, 0.29) is 23.6 Å². The summed E-state index contributed by atoms with van der Waals surface area (Å²) in [5.41, 5.74) is 0. The highest BCUT2D eigenvalue weighted by Gasteiger charge is 2.41. The topological polar surface area (TPSA) is 57.6 Å². The Morgan fingerprint density at radius 2 is 2.00 bits per heavy atom. The molecule has 96 valence electrons. The normalized spacial score (nSPS) is 28.4.